The van der Waals surface area contributed by atoms with Crippen molar-refractivity contribution in [2.24, 2.45) is 0 Å². The van der Waals surface area contributed by atoms with Crippen LogP contribution in [0.2, 0.25) is 0 Å². The maximum absolute atomic E-state index is 12.5. The Morgan fingerprint density at radius 2 is 1.77 bits per heavy atom. The fourth-order valence-electron chi connectivity index (χ4n) is 1.13. The van der Waals surface area contributed by atoms with Gasteiger partial charge in [0, 0.05) is 13.1 Å². The van der Waals surface area contributed by atoms with Crippen LogP contribution in [0.3, 0.4) is 0 Å². The predicted octanol–water partition coefficient (Wildman–Crippen LogP) is 1.22. The lowest BCUT2D eigenvalue weighted by atomic mass is 10.3. The van der Waals surface area contributed by atoms with Gasteiger partial charge in [0.2, 0.25) is 0 Å². The van der Waals surface area contributed by atoms with E-state index in [1.807, 2.05) is 0 Å². The van der Waals surface area contributed by atoms with Gasteiger partial charge in [0.15, 0.2) is 0 Å². The Kier molecular flexibility index (Phi) is 3.49. The van der Waals surface area contributed by atoms with Gasteiger partial charge in [-0.25, -0.2) is 8.78 Å². The zero-order valence-corrected chi connectivity index (χ0v) is 6.98. The Morgan fingerprint density at radius 3 is 2.23 bits per heavy atom. The minimum absolute atomic E-state index is 0.294. The predicted molar refractivity (Wildman–Crippen MR) is 38.2 cm³/mol. The molecular formula is C7H11F4NO. The first-order chi connectivity index (χ1) is 6.02. The summed E-state index contributed by atoms with van der Waals surface area (Å²) in [6.07, 6.45) is -3.59. The molecule has 0 unspecified atom stereocenters. The molecule has 1 heterocycles. The number of alkyl halides is 4. The third kappa shape index (κ3) is 3.11. The van der Waals surface area contributed by atoms with Gasteiger partial charge in [0.1, 0.15) is 0 Å². The molecule has 1 saturated heterocycles. The molecule has 0 saturated carbocycles. The summed E-state index contributed by atoms with van der Waals surface area (Å²) < 4.78 is 53.4. The molecule has 0 amide bonds. The summed E-state index contributed by atoms with van der Waals surface area (Å²) in [6, 6.07) is 0. The van der Waals surface area contributed by atoms with E-state index in [1.165, 1.54) is 4.90 Å². The molecule has 1 fully saturated rings. The Labute approximate surface area is 73.5 Å². The van der Waals surface area contributed by atoms with Crippen LogP contribution in [0.4, 0.5) is 17.6 Å². The van der Waals surface area contributed by atoms with E-state index in [0.29, 0.717) is 26.3 Å². The van der Waals surface area contributed by atoms with Gasteiger partial charge >= 0.3 is 12.3 Å². The minimum Gasteiger partial charge on any atom is -0.379 e. The van der Waals surface area contributed by atoms with E-state index in [4.69, 9.17) is 4.74 Å². The summed E-state index contributed by atoms with van der Waals surface area (Å²) in [5, 5.41) is 0. The lowest BCUT2D eigenvalue weighted by molar-refractivity contribution is -0.148. The van der Waals surface area contributed by atoms with Crippen LogP contribution in [0.25, 0.3) is 0 Å². The summed E-state index contributed by atoms with van der Waals surface area (Å²) >= 11 is 0. The third-order valence-electron chi connectivity index (χ3n) is 1.86. The number of halogens is 4. The molecule has 0 aliphatic carbocycles. The van der Waals surface area contributed by atoms with E-state index < -0.39 is 18.9 Å². The molecule has 1 aliphatic rings. The second-order valence-corrected chi connectivity index (χ2v) is 2.95. The van der Waals surface area contributed by atoms with Gasteiger partial charge in [-0.2, -0.15) is 8.78 Å². The van der Waals surface area contributed by atoms with E-state index >= 15 is 0 Å². The fourth-order valence-corrected chi connectivity index (χ4v) is 1.13. The molecule has 0 spiro atoms. The highest BCUT2D eigenvalue weighted by molar-refractivity contribution is 4.76. The SMILES string of the molecule is FC(F)C(F)(F)CN1CCOCC1. The lowest BCUT2D eigenvalue weighted by Gasteiger charge is -2.29. The molecule has 1 aliphatic heterocycles. The van der Waals surface area contributed by atoms with Gasteiger partial charge in [-0.05, 0) is 0 Å². The summed E-state index contributed by atoms with van der Waals surface area (Å²) in [7, 11) is 0. The van der Waals surface area contributed by atoms with Gasteiger partial charge < -0.3 is 4.74 Å². The van der Waals surface area contributed by atoms with Crippen molar-refractivity contribution in [2.45, 2.75) is 12.3 Å². The van der Waals surface area contributed by atoms with Crippen LogP contribution in [0, 0.1) is 0 Å². The second kappa shape index (κ2) is 4.23. The maximum atomic E-state index is 12.5. The van der Waals surface area contributed by atoms with Crippen molar-refractivity contribution in [1.29, 1.82) is 0 Å². The second-order valence-electron chi connectivity index (χ2n) is 2.95. The van der Waals surface area contributed by atoms with Gasteiger partial charge in [-0.15, -0.1) is 0 Å². The summed E-state index contributed by atoms with van der Waals surface area (Å²) in [5.74, 6) is -3.91. The zero-order valence-electron chi connectivity index (χ0n) is 6.98. The average molecular weight is 201 g/mol. The van der Waals surface area contributed by atoms with Crippen molar-refractivity contribution in [3.63, 3.8) is 0 Å². The first-order valence-electron chi connectivity index (χ1n) is 3.98. The van der Waals surface area contributed by atoms with Gasteiger partial charge in [-0.1, -0.05) is 0 Å². The van der Waals surface area contributed by atoms with Crippen molar-refractivity contribution < 1.29 is 22.3 Å². The van der Waals surface area contributed by atoms with Gasteiger partial charge in [0.25, 0.3) is 0 Å². The van der Waals surface area contributed by atoms with E-state index in [1.54, 1.807) is 0 Å². The van der Waals surface area contributed by atoms with Crippen molar-refractivity contribution in [3.8, 4) is 0 Å². The minimum atomic E-state index is -3.91. The number of hydrogen-bond acceptors (Lipinski definition) is 2. The van der Waals surface area contributed by atoms with E-state index in [0.717, 1.165) is 0 Å². The monoisotopic (exact) mass is 201 g/mol. The fraction of sp³-hybridized carbons (Fsp3) is 1.00. The summed E-state index contributed by atoms with van der Waals surface area (Å²) in [4.78, 5) is 1.29. The number of rotatable bonds is 3. The third-order valence-corrected chi connectivity index (χ3v) is 1.86. The van der Waals surface area contributed by atoms with Crippen LogP contribution in [-0.4, -0.2) is 50.1 Å². The summed E-state index contributed by atoms with van der Waals surface area (Å²) in [6.45, 7) is 0.372. The van der Waals surface area contributed by atoms with Crippen LogP contribution in [0.5, 0.6) is 0 Å². The Morgan fingerprint density at radius 1 is 1.23 bits per heavy atom. The van der Waals surface area contributed by atoms with Gasteiger partial charge in [0.05, 0.1) is 19.8 Å². The standard InChI is InChI=1S/C7H11F4NO/c8-6(9)7(10,11)5-12-1-3-13-4-2-12/h6H,1-5H2. The van der Waals surface area contributed by atoms with Crippen LogP contribution >= 0.6 is 0 Å². The highest BCUT2D eigenvalue weighted by Crippen LogP contribution is 2.24. The molecule has 0 aromatic rings. The molecule has 2 nitrogen and oxygen atoms in total. The number of nitrogens with zero attached hydrogens (tertiary/aromatic N) is 1. The molecule has 0 aromatic heterocycles. The quantitative estimate of drug-likeness (QED) is 0.636. The average Bonchev–Trinajstić information content (AvgIpc) is 2.05. The molecule has 0 radical (unpaired) electrons. The van der Waals surface area contributed by atoms with Crippen LogP contribution in [0.1, 0.15) is 0 Å². The Balaban J connectivity index is 2.37. The van der Waals surface area contributed by atoms with Crippen LogP contribution < -0.4 is 0 Å². The molecule has 0 N–H and O–H groups in total. The smallest absolute Gasteiger partial charge is 0.319 e. The molecule has 13 heavy (non-hydrogen) atoms. The lowest BCUT2D eigenvalue weighted by Crippen LogP contribution is -2.46. The van der Waals surface area contributed by atoms with Crippen molar-refractivity contribution in [1.82, 2.24) is 4.90 Å². The largest absolute Gasteiger partial charge is 0.379 e. The zero-order chi connectivity index (χ0) is 9.90. The van der Waals surface area contributed by atoms with E-state index in [9.17, 15) is 17.6 Å². The molecule has 0 aromatic carbocycles. The van der Waals surface area contributed by atoms with Crippen LogP contribution in [-0.2, 0) is 4.74 Å². The first-order valence-corrected chi connectivity index (χ1v) is 3.98. The molecule has 1 rings (SSSR count). The van der Waals surface area contributed by atoms with Crippen LogP contribution in [0.15, 0.2) is 0 Å². The van der Waals surface area contributed by atoms with Crippen molar-refractivity contribution in [3.05, 3.63) is 0 Å². The molecule has 6 heteroatoms. The Hall–Kier alpha value is -0.360. The molecule has 0 bridgehead atoms. The topological polar surface area (TPSA) is 12.5 Å². The van der Waals surface area contributed by atoms with Crippen molar-refractivity contribution >= 4 is 0 Å². The summed E-state index contributed by atoms with van der Waals surface area (Å²) in [5.41, 5.74) is 0. The highest BCUT2D eigenvalue weighted by atomic mass is 19.3. The first kappa shape index (κ1) is 10.7. The number of ether oxygens (including phenoxy) is 1. The highest BCUT2D eigenvalue weighted by Gasteiger charge is 2.42. The van der Waals surface area contributed by atoms with E-state index in [-0.39, 0.29) is 0 Å². The number of morpholine rings is 1. The Bertz CT molecular complexity index is 159. The number of hydrogen-bond donors (Lipinski definition) is 0. The molecular weight excluding hydrogens is 190 g/mol. The molecule has 0 atom stereocenters. The van der Waals surface area contributed by atoms with E-state index in [2.05, 4.69) is 0 Å². The normalized spacial score (nSPS) is 21.0. The molecule has 78 valence electrons. The maximum Gasteiger partial charge on any atom is 0.319 e. The van der Waals surface area contributed by atoms with Crippen molar-refractivity contribution in [2.75, 3.05) is 32.8 Å². The van der Waals surface area contributed by atoms with Gasteiger partial charge in [-0.3, -0.25) is 4.90 Å².